The van der Waals surface area contributed by atoms with Gasteiger partial charge in [-0.3, -0.25) is 4.79 Å². The number of carbonyl (C=O) groups excluding carboxylic acids is 1. The first-order chi connectivity index (χ1) is 8.23. The topological polar surface area (TPSA) is 49.8 Å². The lowest BCUT2D eigenvalue weighted by atomic mass is 9.85. The van der Waals surface area contributed by atoms with Gasteiger partial charge < -0.3 is 14.7 Å². The second-order valence-electron chi connectivity index (χ2n) is 4.32. The minimum Gasteiger partial charge on any atom is -0.395 e. The minimum atomic E-state index is -0.730. The molecule has 0 aliphatic carbocycles. The third kappa shape index (κ3) is 2.06. The number of hydrogen-bond acceptors (Lipinski definition) is 3. The van der Waals surface area contributed by atoms with Crippen molar-refractivity contribution in [1.82, 2.24) is 0 Å². The highest BCUT2D eigenvalue weighted by Gasteiger charge is 2.47. The molecule has 4 nitrogen and oxygen atoms in total. The number of ether oxygens (including phenoxy) is 1. The minimum absolute atomic E-state index is 0.0556. The third-order valence-corrected chi connectivity index (χ3v) is 3.14. The van der Waals surface area contributed by atoms with Gasteiger partial charge in [-0.1, -0.05) is 18.2 Å². The van der Waals surface area contributed by atoms with E-state index in [1.165, 1.54) is 0 Å². The van der Waals surface area contributed by atoms with E-state index >= 15 is 0 Å². The maximum absolute atomic E-state index is 12.4. The molecule has 1 heterocycles. The molecular formula is C13H17NO3. The zero-order valence-corrected chi connectivity index (χ0v) is 9.93. The van der Waals surface area contributed by atoms with E-state index in [1.54, 1.807) is 4.90 Å². The number of aliphatic hydroxyl groups is 1. The van der Waals surface area contributed by atoms with E-state index in [-0.39, 0.29) is 12.5 Å². The Morgan fingerprint density at radius 2 is 2.06 bits per heavy atom. The summed E-state index contributed by atoms with van der Waals surface area (Å²) in [6, 6.07) is 9.50. The molecule has 1 N–H and O–H groups in total. The molecule has 92 valence electrons. The van der Waals surface area contributed by atoms with E-state index in [0.717, 1.165) is 5.69 Å². The number of carbonyl (C=O) groups is 1. The number of anilines is 1. The molecule has 0 aromatic heterocycles. The average Bonchev–Trinajstić information content (AvgIpc) is 2.31. The molecule has 1 aliphatic rings. The van der Waals surface area contributed by atoms with Crippen molar-refractivity contribution < 1.29 is 14.6 Å². The molecule has 1 fully saturated rings. The Kier molecular flexibility index (Phi) is 3.45. The smallest absolute Gasteiger partial charge is 0.240 e. The first-order valence-electron chi connectivity index (χ1n) is 5.79. The number of benzene rings is 1. The highest BCUT2D eigenvalue weighted by atomic mass is 16.5. The fourth-order valence-corrected chi connectivity index (χ4v) is 1.97. The van der Waals surface area contributed by atoms with Gasteiger partial charge in [-0.05, 0) is 19.1 Å². The van der Waals surface area contributed by atoms with Crippen LogP contribution in [0, 0.1) is 5.41 Å². The van der Waals surface area contributed by atoms with Crippen LogP contribution < -0.4 is 4.90 Å². The molecule has 1 aromatic rings. The summed E-state index contributed by atoms with van der Waals surface area (Å²) < 4.78 is 5.07. The van der Waals surface area contributed by atoms with E-state index in [9.17, 15) is 9.90 Å². The molecule has 0 radical (unpaired) electrons. The van der Waals surface area contributed by atoms with Crippen LogP contribution >= 0.6 is 0 Å². The van der Waals surface area contributed by atoms with Crippen LogP contribution in [0.15, 0.2) is 30.3 Å². The molecule has 2 rings (SSSR count). The third-order valence-electron chi connectivity index (χ3n) is 3.14. The van der Waals surface area contributed by atoms with Gasteiger partial charge in [-0.2, -0.15) is 0 Å². The number of rotatable bonds is 4. The summed E-state index contributed by atoms with van der Waals surface area (Å²) in [5, 5.41) is 9.37. The fraction of sp³-hybridized carbons (Fsp3) is 0.462. The van der Waals surface area contributed by atoms with Crippen LogP contribution in [-0.4, -0.2) is 37.4 Å². The second kappa shape index (κ2) is 4.85. The number of para-hydroxylation sites is 1. The number of aliphatic hydroxyl groups excluding tert-OH is 1. The molecule has 0 atom stereocenters. The van der Waals surface area contributed by atoms with Crippen molar-refractivity contribution in [2.24, 2.45) is 5.41 Å². The van der Waals surface area contributed by atoms with Crippen LogP contribution in [0.5, 0.6) is 0 Å². The zero-order chi connectivity index (χ0) is 12.3. The molecule has 0 unspecified atom stereocenters. The maximum Gasteiger partial charge on any atom is 0.240 e. The van der Waals surface area contributed by atoms with Crippen molar-refractivity contribution in [3.8, 4) is 0 Å². The van der Waals surface area contributed by atoms with Gasteiger partial charge >= 0.3 is 0 Å². The van der Waals surface area contributed by atoms with Gasteiger partial charge in [0.25, 0.3) is 0 Å². The van der Waals surface area contributed by atoms with Gasteiger partial charge in [-0.15, -0.1) is 0 Å². The lowest BCUT2D eigenvalue weighted by Gasteiger charge is -2.41. The van der Waals surface area contributed by atoms with Gasteiger partial charge in [0.05, 0.1) is 19.8 Å². The average molecular weight is 235 g/mol. The quantitative estimate of drug-likeness (QED) is 0.848. The summed E-state index contributed by atoms with van der Waals surface area (Å²) in [4.78, 5) is 14.1. The second-order valence-corrected chi connectivity index (χ2v) is 4.32. The van der Waals surface area contributed by atoms with Gasteiger partial charge in [-0.25, -0.2) is 0 Å². The van der Waals surface area contributed by atoms with Crippen molar-refractivity contribution >= 4 is 11.6 Å². The molecule has 1 aromatic carbocycles. The van der Waals surface area contributed by atoms with Crippen LogP contribution in [-0.2, 0) is 9.53 Å². The van der Waals surface area contributed by atoms with Gasteiger partial charge in [0, 0.05) is 12.2 Å². The van der Waals surface area contributed by atoms with Gasteiger partial charge in [0.2, 0.25) is 5.91 Å². The SMILES string of the molecule is CCN(C(=O)C1(CO)COC1)c1ccccc1. The maximum atomic E-state index is 12.4. The van der Waals surface area contributed by atoms with Crippen molar-refractivity contribution in [2.75, 3.05) is 31.3 Å². The molecule has 0 spiro atoms. The summed E-state index contributed by atoms with van der Waals surface area (Å²) in [7, 11) is 0. The molecule has 0 saturated carbocycles. The van der Waals surface area contributed by atoms with Crippen LogP contribution in [0.4, 0.5) is 5.69 Å². The highest BCUT2D eigenvalue weighted by Crippen LogP contribution is 2.31. The van der Waals surface area contributed by atoms with Crippen LogP contribution in [0.3, 0.4) is 0 Å². The van der Waals surface area contributed by atoms with E-state index in [2.05, 4.69) is 0 Å². The Balaban J connectivity index is 2.22. The zero-order valence-electron chi connectivity index (χ0n) is 9.93. The molecule has 4 heteroatoms. The van der Waals surface area contributed by atoms with Gasteiger partial charge in [0.15, 0.2) is 0 Å². The van der Waals surface area contributed by atoms with E-state index in [0.29, 0.717) is 19.8 Å². The van der Waals surface area contributed by atoms with Crippen LogP contribution in [0.1, 0.15) is 6.92 Å². The first-order valence-corrected chi connectivity index (χ1v) is 5.79. The van der Waals surface area contributed by atoms with Crippen molar-refractivity contribution in [1.29, 1.82) is 0 Å². The van der Waals surface area contributed by atoms with Crippen molar-refractivity contribution in [2.45, 2.75) is 6.92 Å². The van der Waals surface area contributed by atoms with Crippen molar-refractivity contribution in [3.63, 3.8) is 0 Å². The summed E-state index contributed by atoms with van der Waals surface area (Å²) in [6.45, 7) is 2.98. The van der Waals surface area contributed by atoms with E-state index in [1.807, 2.05) is 37.3 Å². The Morgan fingerprint density at radius 1 is 1.41 bits per heavy atom. The van der Waals surface area contributed by atoms with E-state index in [4.69, 9.17) is 4.74 Å². The Morgan fingerprint density at radius 3 is 2.47 bits per heavy atom. The number of hydrogen-bond donors (Lipinski definition) is 1. The summed E-state index contributed by atoms with van der Waals surface area (Å²) in [6.07, 6.45) is 0. The number of nitrogens with zero attached hydrogens (tertiary/aromatic N) is 1. The predicted octanol–water partition coefficient (Wildman–Crippen LogP) is 1.05. The molecule has 1 saturated heterocycles. The van der Waals surface area contributed by atoms with Crippen molar-refractivity contribution in [3.05, 3.63) is 30.3 Å². The van der Waals surface area contributed by atoms with Gasteiger partial charge in [0.1, 0.15) is 5.41 Å². The molecule has 1 amide bonds. The number of amides is 1. The lowest BCUT2D eigenvalue weighted by Crippen LogP contribution is -2.57. The lowest BCUT2D eigenvalue weighted by molar-refractivity contribution is -0.167. The Labute approximate surface area is 101 Å². The summed E-state index contributed by atoms with van der Waals surface area (Å²) in [5.41, 5.74) is 0.131. The molecule has 0 bridgehead atoms. The predicted molar refractivity (Wildman–Crippen MR) is 64.8 cm³/mol. The molecule has 1 aliphatic heterocycles. The van der Waals surface area contributed by atoms with E-state index < -0.39 is 5.41 Å². The summed E-state index contributed by atoms with van der Waals surface area (Å²) >= 11 is 0. The highest BCUT2D eigenvalue weighted by molar-refractivity contribution is 5.98. The Hall–Kier alpha value is -1.39. The molecule has 17 heavy (non-hydrogen) atoms. The molecular weight excluding hydrogens is 218 g/mol. The summed E-state index contributed by atoms with van der Waals surface area (Å²) in [5.74, 6) is -0.0556. The monoisotopic (exact) mass is 235 g/mol. The first kappa shape index (κ1) is 12.1. The largest absolute Gasteiger partial charge is 0.395 e. The standard InChI is InChI=1S/C13H17NO3/c1-2-14(11-6-4-3-5-7-11)12(16)13(8-15)9-17-10-13/h3-7,15H,2,8-10H2,1H3. The Bertz CT molecular complexity index is 381. The van der Waals surface area contributed by atoms with Crippen LogP contribution in [0.25, 0.3) is 0 Å². The fourth-order valence-electron chi connectivity index (χ4n) is 1.97. The normalized spacial score (nSPS) is 17.3. The van der Waals surface area contributed by atoms with Crippen LogP contribution in [0.2, 0.25) is 0 Å².